The maximum absolute atomic E-state index is 15.1. The topological polar surface area (TPSA) is 82.3 Å². The van der Waals surface area contributed by atoms with Crippen molar-refractivity contribution in [3.8, 4) is 5.75 Å². The minimum atomic E-state index is -1.07. The summed E-state index contributed by atoms with van der Waals surface area (Å²) in [6, 6.07) is 9.32. The highest BCUT2D eigenvalue weighted by Gasteiger charge is 2.30. The van der Waals surface area contributed by atoms with Gasteiger partial charge in [-0.1, -0.05) is 12.1 Å². The molecule has 2 atom stereocenters. The van der Waals surface area contributed by atoms with E-state index in [2.05, 4.69) is 25.5 Å². The average Bonchev–Trinajstić information content (AvgIpc) is 3.24. The Labute approximate surface area is 174 Å². The molecule has 3 N–H and O–H groups in total. The number of aromatic nitrogens is 2. The number of hydrogen-bond acceptors (Lipinski definition) is 5. The van der Waals surface area contributed by atoms with Crippen LogP contribution in [0, 0.1) is 0 Å². The standard InChI is InChI=1S/C22H26FN5O2/c1-24-22(29)17-11-26-21-16(6-8-25-21)20(17)27-19-7-9-28(13-18(19)23)12-14-4-3-5-15(10-14)30-2/h3-6,8,10-11,18-19H,7,9,12-13H2,1-2H3,(H,24,29)(H2,25,26,27)/t18-,19+/m1/s1. The van der Waals surface area contributed by atoms with Crippen LogP contribution in [0.2, 0.25) is 0 Å². The van der Waals surface area contributed by atoms with Crippen LogP contribution in [-0.4, -0.2) is 60.2 Å². The molecule has 1 amide bonds. The lowest BCUT2D eigenvalue weighted by Crippen LogP contribution is -2.47. The van der Waals surface area contributed by atoms with Crippen LogP contribution in [0.5, 0.6) is 5.75 Å². The van der Waals surface area contributed by atoms with Crippen molar-refractivity contribution in [2.45, 2.75) is 25.2 Å². The van der Waals surface area contributed by atoms with Crippen LogP contribution in [0.25, 0.3) is 11.0 Å². The van der Waals surface area contributed by atoms with E-state index in [1.807, 2.05) is 30.3 Å². The molecular weight excluding hydrogens is 385 g/mol. The van der Waals surface area contributed by atoms with Crippen LogP contribution < -0.4 is 15.4 Å². The first-order valence-electron chi connectivity index (χ1n) is 10.0. The molecule has 0 spiro atoms. The number of carbonyl (C=O) groups is 1. The highest BCUT2D eigenvalue weighted by Crippen LogP contribution is 2.29. The number of ether oxygens (including phenoxy) is 1. The third-order valence-corrected chi connectivity index (χ3v) is 5.55. The fourth-order valence-corrected chi connectivity index (χ4v) is 3.96. The zero-order chi connectivity index (χ0) is 21.1. The van der Waals surface area contributed by atoms with Crippen molar-refractivity contribution in [2.75, 3.05) is 32.6 Å². The number of nitrogens with zero attached hydrogens (tertiary/aromatic N) is 2. The Morgan fingerprint density at radius 3 is 3.03 bits per heavy atom. The number of fused-ring (bicyclic) bond motifs is 1. The predicted octanol–water partition coefficient (Wildman–Crippen LogP) is 2.96. The van der Waals surface area contributed by atoms with Gasteiger partial charge in [-0.15, -0.1) is 0 Å². The number of likely N-dealkylation sites (tertiary alicyclic amines) is 1. The molecule has 1 fully saturated rings. The van der Waals surface area contributed by atoms with E-state index in [-0.39, 0.29) is 11.9 Å². The molecule has 0 aliphatic carbocycles. The second-order valence-corrected chi connectivity index (χ2v) is 7.51. The van der Waals surface area contributed by atoms with Gasteiger partial charge in [-0.05, 0) is 30.2 Å². The summed E-state index contributed by atoms with van der Waals surface area (Å²) in [6.07, 6.45) is 2.85. The number of H-pyrrole nitrogens is 1. The molecule has 0 unspecified atom stereocenters. The van der Waals surface area contributed by atoms with Gasteiger partial charge < -0.3 is 20.4 Å². The molecule has 30 heavy (non-hydrogen) atoms. The summed E-state index contributed by atoms with van der Waals surface area (Å²) in [6.45, 7) is 1.75. The van der Waals surface area contributed by atoms with Gasteiger partial charge in [-0.25, -0.2) is 9.37 Å². The van der Waals surface area contributed by atoms with E-state index in [4.69, 9.17) is 4.74 Å². The van der Waals surface area contributed by atoms with Crippen molar-refractivity contribution in [3.05, 3.63) is 53.9 Å². The number of methoxy groups -OCH3 is 1. The fraction of sp³-hybridized carbons (Fsp3) is 0.364. The van der Waals surface area contributed by atoms with Crippen molar-refractivity contribution < 1.29 is 13.9 Å². The number of benzene rings is 1. The molecule has 3 heterocycles. The van der Waals surface area contributed by atoms with E-state index in [1.165, 1.54) is 6.20 Å². The summed E-state index contributed by atoms with van der Waals surface area (Å²) in [7, 11) is 3.21. The zero-order valence-electron chi connectivity index (χ0n) is 17.1. The molecule has 4 rings (SSSR count). The largest absolute Gasteiger partial charge is 0.497 e. The van der Waals surface area contributed by atoms with Gasteiger partial charge in [0.15, 0.2) is 0 Å². The molecule has 7 nitrogen and oxygen atoms in total. The summed E-state index contributed by atoms with van der Waals surface area (Å²) in [5, 5.41) is 6.71. The molecule has 1 saturated heterocycles. The fourth-order valence-electron chi connectivity index (χ4n) is 3.96. The molecule has 1 aliphatic heterocycles. The molecule has 0 bridgehead atoms. The molecule has 0 saturated carbocycles. The molecule has 0 radical (unpaired) electrons. The van der Waals surface area contributed by atoms with Gasteiger partial charge in [-0.3, -0.25) is 9.69 Å². The number of rotatable bonds is 6. The number of piperidine rings is 1. The van der Waals surface area contributed by atoms with Crippen LogP contribution in [0.1, 0.15) is 22.3 Å². The Morgan fingerprint density at radius 1 is 1.40 bits per heavy atom. The number of anilines is 1. The normalized spacial score (nSPS) is 19.6. The Balaban J connectivity index is 1.48. The van der Waals surface area contributed by atoms with Crippen LogP contribution in [-0.2, 0) is 6.54 Å². The van der Waals surface area contributed by atoms with E-state index >= 15 is 4.39 Å². The number of alkyl halides is 1. The first-order chi connectivity index (χ1) is 14.6. The number of hydrogen-bond donors (Lipinski definition) is 3. The average molecular weight is 411 g/mol. The second kappa shape index (κ2) is 8.71. The van der Waals surface area contributed by atoms with Crippen LogP contribution in [0.15, 0.2) is 42.7 Å². The van der Waals surface area contributed by atoms with Crippen molar-refractivity contribution >= 4 is 22.6 Å². The van der Waals surface area contributed by atoms with Gasteiger partial charge in [0, 0.05) is 44.5 Å². The van der Waals surface area contributed by atoms with Gasteiger partial charge >= 0.3 is 0 Å². The van der Waals surface area contributed by atoms with Crippen LogP contribution in [0.3, 0.4) is 0 Å². The van der Waals surface area contributed by atoms with Gasteiger partial charge in [0.25, 0.3) is 5.91 Å². The smallest absolute Gasteiger partial charge is 0.254 e. The lowest BCUT2D eigenvalue weighted by molar-refractivity contribution is 0.0962. The van der Waals surface area contributed by atoms with Gasteiger partial charge in [0.1, 0.15) is 17.6 Å². The number of amides is 1. The van der Waals surface area contributed by atoms with E-state index in [0.717, 1.165) is 23.2 Å². The third kappa shape index (κ3) is 4.09. The summed E-state index contributed by atoms with van der Waals surface area (Å²) in [5.41, 5.74) is 2.79. The predicted molar refractivity (Wildman–Crippen MR) is 115 cm³/mol. The second-order valence-electron chi connectivity index (χ2n) is 7.51. The maximum Gasteiger partial charge on any atom is 0.254 e. The van der Waals surface area contributed by atoms with Crippen molar-refractivity contribution in [1.82, 2.24) is 20.2 Å². The number of nitrogens with one attached hydrogen (secondary N) is 3. The molecule has 2 aromatic heterocycles. The van der Waals surface area contributed by atoms with E-state index in [9.17, 15) is 4.79 Å². The third-order valence-electron chi connectivity index (χ3n) is 5.55. The van der Waals surface area contributed by atoms with Crippen LogP contribution >= 0.6 is 0 Å². The number of carbonyl (C=O) groups excluding carboxylic acids is 1. The Hall–Kier alpha value is -3.13. The number of pyridine rings is 1. The molecule has 158 valence electrons. The minimum Gasteiger partial charge on any atom is -0.497 e. The maximum atomic E-state index is 15.1. The molecular formula is C22H26FN5O2. The number of aromatic amines is 1. The Bertz CT molecular complexity index is 1040. The monoisotopic (exact) mass is 411 g/mol. The lowest BCUT2D eigenvalue weighted by atomic mass is 10.0. The summed E-state index contributed by atoms with van der Waals surface area (Å²) in [5.74, 6) is 0.551. The van der Waals surface area contributed by atoms with Gasteiger partial charge in [0.2, 0.25) is 0 Å². The van der Waals surface area contributed by atoms with Crippen LogP contribution in [0.4, 0.5) is 10.1 Å². The van der Waals surface area contributed by atoms with E-state index in [1.54, 1.807) is 20.4 Å². The molecule has 1 aromatic carbocycles. The number of halogens is 1. The summed E-state index contributed by atoms with van der Waals surface area (Å²) < 4.78 is 20.4. The highest BCUT2D eigenvalue weighted by atomic mass is 19.1. The zero-order valence-corrected chi connectivity index (χ0v) is 17.1. The first-order valence-corrected chi connectivity index (χ1v) is 10.0. The minimum absolute atomic E-state index is 0.251. The first kappa shape index (κ1) is 20.2. The molecule has 1 aliphatic rings. The SMILES string of the molecule is CNC(=O)c1cnc2[nH]ccc2c1N[C@H]1CCN(Cc2cccc(OC)c2)C[C@H]1F. The van der Waals surface area contributed by atoms with Gasteiger partial charge in [0.05, 0.1) is 24.4 Å². The highest BCUT2D eigenvalue weighted by molar-refractivity contribution is 6.06. The van der Waals surface area contributed by atoms with Crippen molar-refractivity contribution in [3.63, 3.8) is 0 Å². The molecule has 3 aromatic rings. The molecule has 8 heteroatoms. The summed E-state index contributed by atoms with van der Waals surface area (Å²) >= 11 is 0. The van der Waals surface area contributed by atoms with Crippen molar-refractivity contribution in [1.29, 1.82) is 0 Å². The quantitative estimate of drug-likeness (QED) is 0.581. The van der Waals surface area contributed by atoms with E-state index < -0.39 is 6.17 Å². The Kier molecular flexibility index (Phi) is 5.85. The van der Waals surface area contributed by atoms with Crippen molar-refractivity contribution in [2.24, 2.45) is 0 Å². The summed E-state index contributed by atoms with van der Waals surface area (Å²) in [4.78, 5) is 21.8. The van der Waals surface area contributed by atoms with Gasteiger partial charge in [-0.2, -0.15) is 0 Å². The van der Waals surface area contributed by atoms with E-state index in [0.29, 0.717) is 36.4 Å². The Morgan fingerprint density at radius 2 is 2.27 bits per heavy atom. The lowest BCUT2D eigenvalue weighted by Gasteiger charge is -2.36.